The van der Waals surface area contributed by atoms with E-state index in [0.29, 0.717) is 18.8 Å². The van der Waals surface area contributed by atoms with E-state index in [1.54, 1.807) is 6.20 Å². The molecule has 162 valence electrons. The molecule has 0 saturated carbocycles. The highest BCUT2D eigenvalue weighted by molar-refractivity contribution is 5.63. The molecule has 0 fully saturated rings. The first-order valence-corrected chi connectivity index (χ1v) is 10.9. The molecular formula is C28H29N3O. The maximum atomic E-state index is 5.88. The van der Waals surface area contributed by atoms with Gasteiger partial charge in [-0.05, 0) is 35.1 Å². The second kappa shape index (κ2) is 9.31. The third-order valence-electron chi connectivity index (χ3n) is 5.47. The van der Waals surface area contributed by atoms with Gasteiger partial charge in [-0.3, -0.25) is 4.98 Å². The number of benzene rings is 2. The van der Waals surface area contributed by atoms with Crippen LogP contribution in [0.2, 0.25) is 0 Å². The summed E-state index contributed by atoms with van der Waals surface area (Å²) in [7, 11) is 0. The maximum Gasteiger partial charge on any atom is 0.159 e. The molecule has 4 aromatic rings. The van der Waals surface area contributed by atoms with Crippen LogP contribution in [0, 0.1) is 6.92 Å². The van der Waals surface area contributed by atoms with Gasteiger partial charge in [0.1, 0.15) is 12.4 Å². The van der Waals surface area contributed by atoms with Crippen molar-refractivity contribution in [3.05, 3.63) is 107 Å². The van der Waals surface area contributed by atoms with Crippen molar-refractivity contribution in [2.45, 2.75) is 46.1 Å². The molecule has 4 heteroatoms. The molecule has 0 saturated heterocycles. The van der Waals surface area contributed by atoms with Crippen LogP contribution < -0.4 is 4.74 Å². The van der Waals surface area contributed by atoms with Gasteiger partial charge in [-0.25, -0.2) is 9.97 Å². The minimum absolute atomic E-state index is 0.154. The van der Waals surface area contributed by atoms with Gasteiger partial charge >= 0.3 is 0 Å². The lowest BCUT2D eigenvalue weighted by atomic mass is 9.86. The van der Waals surface area contributed by atoms with Crippen molar-refractivity contribution in [3.8, 4) is 16.9 Å². The molecule has 4 nitrogen and oxygen atoms in total. The van der Waals surface area contributed by atoms with E-state index in [4.69, 9.17) is 4.74 Å². The molecule has 0 amide bonds. The molecule has 2 heterocycles. The molecule has 2 aromatic heterocycles. The number of nitrogens with zero attached hydrogens (tertiary/aromatic N) is 3. The van der Waals surface area contributed by atoms with E-state index >= 15 is 0 Å². The van der Waals surface area contributed by atoms with E-state index in [0.717, 1.165) is 28.3 Å². The normalized spacial score (nSPS) is 11.4. The van der Waals surface area contributed by atoms with Crippen molar-refractivity contribution in [2.24, 2.45) is 0 Å². The molecule has 0 unspecified atom stereocenters. The van der Waals surface area contributed by atoms with Gasteiger partial charge in [0.2, 0.25) is 0 Å². The van der Waals surface area contributed by atoms with E-state index in [2.05, 4.69) is 66.1 Å². The lowest BCUT2D eigenvalue weighted by molar-refractivity contribution is 0.300. The summed E-state index contributed by atoms with van der Waals surface area (Å²) in [5.41, 5.74) is 6.66. The van der Waals surface area contributed by atoms with Gasteiger partial charge < -0.3 is 4.74 Å². The number of aromatic nitrogens is 3. The van der Waals surface area contributed by atoms with Crippen LogP contribution in [0.25, 0.3) is 11.1 Å². The zero-order chi connectivity index (χ0) is 22.6. The number of ether oxygens (including phenoxy) is 1. The first kappa shape index (κ1) is 21.7. The Labute approximate surface area is 190 Å². The van der Waals surface area contributed by atoms with Crippen molar-refractivity contribution in [2.75, 3.05) is 0 Å². The zero-order valence-corrected chi connectivity index (χ0v) is 19.2. The third-order valence-corrected chi connectivity index (χ3v) is 5.47. The molecule has 4 rings (SSSR count). The van der Waals surface area contributed by atoms with Crippen LogP contribution in [-0.4, -0.2) is 15.0 Å². The Morgan fingerprint density at radius 1 is 0.781 bits per heavy atom. The summed E-state index contributed by atoms with van der Waals surface area (Å²) >= 11 is 0. The summed E-state index contributed by atoms with van der Waals surface area (Å²) in [5, 5.41) is 0. The van der Waals surface area contributed by atoms with Gasteiger partial charge in [0.05, 0.1) is 18.3 Å². The quantitative estimate of drug-likeness (QED) is 0.364. The van der Waals surface area contributed by atoms with Gasteiger partial charge in [0.25, 0.3) is 0 Å². The summed E-state index contributed by atoms with van der Waals surface area (Å²) in [4.78, 5) is 13.7. The van der Waals surface area contributed by atoms with E-state index in [1.807, 2.05) is 49.5 Å². The number of pyridine rings is 1. The Balaban J connectivity index is 1.40. The van der Waals surface area contributed by atoms with Gasteiger partial charge in [-0.1, -0.05) is 81.4 Å². The Morgan fingerprint density at radius 2 is 1.50 bits per heavy atom. The number of rotatable bonds is 6. The fourth-order valence-corrected chi connectivity index (χ4v) is 3.49. The second-order valence-electron chi connectivity index (χ2n) is 9.05. The standard InChI is InChI=1S/C28H29N3O/c1-20-26(32-19-21-8-6-5-7-9-21)18-30-27(31-20)16-25-15-12-23(17-29-25)22-10-13-24(14-11-22)28(2,3)4/h5-15,17-18H,16,19H2,1-4H3. The molecule has 0 aliphatic rings. The summed E-state index contributed by atoms with van der Waals surface area (Å²) < 4.78 is 5.88. The van der Waals surface area contributed by atoms with Crippen molar-refractivity contribution in [1.82, 2.24) is 15.0 Å². The highest BCUT2D eigenvalue weighted by atomic mass is 16.5. The molecule has 0 radical (unpaired) electrons. The van der Waals surface area contributed by atoms with E-state index in [-0.39, 0.29) is 5.41 Å². The van der Waals surface area contributed by atoms with Crippen LogP contribution in [0.4, 0.5) is 0 Å². The molecule has 0 aliphatic heterocycles. The smallest absolute Gasteiger partial charge is 0.159 e. The summed E-state index contributed by atoms with van der Waals surface area (Å²) in [6, 6.07) is 23.0. The summed E-state index contributed by atoms with van der Waals surface area (Å²) in [5.74, 6) is 1.45. The largest absolute Gasteiger partial charge is 0.485 e. The van der Waals surface area contributed by atoms with Gasteiger partial charge in [-0.2, -0.15) is 0 Å². The van der Waals surface area contributed by atoms with Crippen molar-refractivity contribution in [3.63, 3.8) is 0 Å². The summed E-state index contributed by atoms with van der Waals surface area (Å²) in [6.07, 6.45) is 4.26. The van der Waals surface area contributed by atoms with Crippen LogP contribution in [0.3, 0.4) is 0 Å². The monoisotopic (exact) mass is 423 g/mol. The summed E-state index contributed by atoms with van der Waals surface area (Å²) in [6.45, 7) is 9.13. The lowest BCUT2D eigenvalue weighted by Crippen LogP contribution is -2.10. The first-order valence-electron chi connectivity index (χ1n) is 10.9. The van der Waals surface area contributed by atoms with Crippen LogP contribution in [0.1, 0.15) is 49.1 Å². The van der Waals surface area contributed by atoms with Gasteiger partial charge in [0, 0.05) is 17.5 Å². The molecular weight excluding hydrogens is 394 g/mol. The van der Waals surface area contributed by atoms with Crippen LogP contribution >= 0.6 is 0 Å². The minimum atomic E-state index is 0.154. The fraction of sp³-hybridized carbons (Fsp3) is 0.250. The van der Waals surface area contributed by atoms with Crippen molar-refractivity contribution in [1.29, 1.82) is 0 Å². The minimum Gasteiger partial charge on any atom is -0.485 e. The average molecular weight is 424 g/mol. The van der Waals surface area contributed by atoms with Crippen molar-refractivity contribution < 1.29 is 4.74 Å². The number of aryl methyl sites for hydroxylation is 1. The number of hydrogen-bond acceptors (Lipinski definition) is 4. The molecule has 0 N–H and O–H groups in total. The molecule has 0 atom stereocenters. The predicted molar refractivity (Wildman–Crippen MR) is 129 cm³/mol. The van der Waals surface area contributed by atoms with E-state index in [1.165, 1.54) is 11.1 Å². The van der Waals surface area contributed by atoms with Gasteiger partial charge in [0.15, 0.2) is 5.75 Å². The van der Waals surface area contributed by atoms with Crippen LogP contribution in [0.15, 0.2) is 79.1 Å². The molecule has 0 aliphatic carbocycles. The molecule has 0 spiro atoms. The Morgan fingerprint density at radius 3 is 2.12 bits per heavy atom. The highest BCUT2D eigenvalue weighted by Gasteiger charge is 2.13. The molecule has 2 aromatic carbocycles. The average Bonchev–Trinajstić information content (AvgIpc) is 2.79. The fourth-order valence-electron chi connectivity index (χ4n) is 3.49. The Bertz CT molecular complexity index is 1160. The highest BCUT2D eigenvalue weighted by Crippen LogP contribution is 2.26. The van der Waals surface area contributed by atoms with Gasteiger partial charge in [-0.15, -0.1) is 0 Å². The Kier molecular flexibility index (Phi) is 6.31. The van der Waals surface area contributed by atoms with Crippen LogP contribution in [-0.2, 0) is 18.4 Å². The third kappa shape index (κ3) is 5.38. The van der Waals surface area contributed by atoms with E-state index in [9.17, 15) is 0 Å². The molecule has 0 bridgehead atoms. The van der Waals surface area contributed by atoms with E-state index < -0.39 is 0 Å². The lowest BCUT2D eigenvalue weighted by Gasteiger charge is -2.19. The predicted octanol–water partition coefficient (Wildman–Crippen LogP) is 6.31. The SMILES string of the molecule is Cc1nc(Cc2ccc(-c3ccc(C(C)(C)C)cc3)cn2)ncc1OCc1ccccc1. The first-order chi connectivity index (χ1) is 15.4. The zero-order valence-electron chi connectivity index (χ0n) is 19.2. The topological polar surface area (TPSA) is 47.9 Å². The molecule has 32 heavy (non-hydrogen) atoms. The van der Waals surface area contributed by atoms with Crippen molar-refractivity contribution >= 4 is 0 Å². The number of hydrogen-bond donors (Lipinski definition) is 0. The maximum absolute atomic E-state index is 5.88. The second-order valence-corrected chi connectivity index (χ2v) is 9.05. The van der Waals surface area contributed by atoms with Crippen LogP contribution in [0.5, 0.6) is 5.75 Å². The Hall–Kier alpha value is -3.53.